The van der Waals surface area contributed by atoms with Gasteiger partial charge in [0.2, 0.25) is 0 Å². The van der Waals surface area contributed by atoms with Crippen LogP contribution in [0.2, 0.25) is 0 Å². The Morgan fingerprint density at radius 1 is 1.27 bits per heavy atom. The molecule has 0 amide bonds. The Morgan fingerprint density at radius 3 is 2.47 bits per heavy atom. The Kier molecular flexibility index (Phi) is 9.66. The van der Waals surface area contributed by atoms with Crippen molar-refractivity contribution in [1.29, 1.82) is 0 Å². The molecule has 0 aliphatic heterocycles. The Balaban J connectivity index is 3.64. The fourth-order valence-corrected chi connectivity index (χ4v) is 2.31. The first kappa shape index (κ1) is 15.3. The number of thioether (sulfide) groups is 1. The van der Waals surface area contributed by atoms with Crippen LogP contribution in [0.25, 0.3) is 0 Å². The van der Waals surface area contributed by atoms with E-state index in [1.165, 1.54) is 25.1 Å². The second-order valence-corrected chi connectivity index (χ2v) is 5.59. The van der Waals surface area contributed by atoms with Gasteiger partial charge >= 0.3 is 0 Å². The van der Waals surface area contributed by atoms with Crippen molar-refractivity contribution in [3.05, 3.63) is 0 Å². The molecule has 0 saturated carbocycles. The lowest BCUT2D eigenvalue weighted by atomic mass is 10.0. The van der Waals surface area contributed by atoms with Crippen LogP contribution in [-0.4, -0.2) is 43.1 Å². The predicted octanol–water partition coefficient (Wildman–Crippen LogP) is 2.43. The molecule has 0 spiro atoms. The molecular formula is C12H28N2S. The molecule has 2 unspecified atom stereocenters. The monoisotopic (exact) mass is 232 g/mol. The van der Waals surface area contributed by atoms with Crippen LogP contribution in [-0.2, 0) is 0 Å². The largest absolute Gasteiger partial charge is 0.330 e. The van der Waals surface area contributed by atoms with Crippen LogP contribution < -0.4 is 5.73 Å². The highest BCUT2D eigenvalue weighted by molar-refractivity contribution is 7.98. The summed E-state index contributed by atoms with van der Waals surface area (Å²) in [6.07, 6.45) is 5.89. The minimum Gasteiger partial charge on any atom is -0.330 e. The molecule has 0 saturated heterocycles. The van der Waals surface area contributed by atoms with E-state index in [0.29, 0.717) is 6.04 Å². The van der Waals surface area contributed by atoms with Gasteiger partial charge in [0.15, 0.2) is 0 Å². The predicted molar refractivity (Wildman–Crippen MR) is 72.5 cm³/mol. The Morgan fingerprint density at radius 2 is 1.93 bits per heavy atom. The van der Waals surface area contributed by atoms with E-state index in [-0.39, 0.29) is 0 Å². The van der Waals surface area contributed by atoms with E-state index in [1.54, 1.807) is 0 Å². The minimum atomic E-state index is 0.706. The summed E-state index contributed by atoms with van der Waals surface area (Å²) in [5.74, 6) is 2.04. The van der Waals surface area contributed by atoms with Gasteiger partial charge in [-0.1, -0.05) is 6.92 Å². The van der Waals surface area contributed by atoms with Gasteiger partial charge in [0, 0.05) is 12.6 Å². The maximum absolute atomic E-state index is 5.52. The van der Waals surface area contributed by atoms with Crippen molar-refractivity contribution in [2.24, 2.45) is 11.7 Å². The Hall–Kier alpha value is 0.270. The highest BCUT2D eigenvalue weighted by atomic mass is 32.2. The highest BCUT2D eigenvalue weighted by Crippen LogP contribution is 2.11. The summed E-state index contributed by atoms with van der Waals surface area (Å²) >= 11 is 1.94. The van der Waals surface area contributed by atoms with Crippen LogP contribution in [0.1, 0.15) is 33.1 Å². The highest BCUT2D eigenvalue weighted by Gasteiger charge is 2.11. The lowest BCUT2D eigenvalue weighted by Crippen LogP contribution is -2.33. The average molecular weight is 232 g/mol. The summed E-state index contributed by atoms with van der Waals surface area (Å²) < 4.78 is 0. The SMILES string of the molecule is CSCCC(C)N(C)CC(C)CCCN. The third-order valence-corrected chi connectivity index (χ3v) is 3.64. The molecule has 2 nitrogen and oxygen atoms in total. The van der Waals surface area contributed by atoms with Crippen molar-refractivity contribution in [3.63, 3.8) is 0 Å². The second kappa shape index (κ2) is 9.49. The minimum absolute atomic E-state index is 0.706. The van der Waals surface area contributed by atoms with E-state index in [0.717, 1.165) is 18.9 Å². The molecule has 0 bridgehead atoms. The van der Waals surface area contributed by atoms with Crippen molar-refractivity contribution >= 4 is 11.8 Å². The fraction of sp³-hybridized carbons (Fsp3) is 1.00. The molecule has 0 fully saturated rings. The topological polar surface area (TPSA) is 29.3 Å². The third kappa shape index (κ3) is 8.12. The molecule has 92 valence electrons. The first-order valence-corrected chi connectivity index (χ1v) is 7.40. The summed E-state index contributed by atoms with van der Waals surface area (Å²) in [5, 5.41) is 0. The van der Waals surface area contributed by atoms with Gasteiger partial charge in [0.1, 0.15) is 0 Å². The number of nitrogens with two attached hydrogens (primary N) is 1. The van der Waals surface area contributed by atoms with Crippen molar-refractivity contribution in [2.45, 2.75) is 39.2 Å². The lowest BCUT2D eigenvalue weighted by Gasteiger charge is -2.27. The van der Waals surface area contributed by atoms with E-state index in [9.17, 15) is 0 Å². The molecule has 0 rings (SSSR count). The number of hydrogen-bond acceptors (Lipinski definition) is 3. The van der Waals surface area contributed by atoms with E-state index < -0.39 is 0 Å². The van der Waals surface area contributed by atoms with Gasteiger partial charge in [-0.05, 0) is 57.7 Å². The smallest absolute Gasteiger partial charge is 0.00718 e. The summed E-state index contributed by atoms with van der Waals surface area (Å²) in [6, 6.07) is 0.706. The van der Waals surface area contributed by atoms with E-state index in [4.69, 9.17) is 5.73 Å². The molecular weight excluding hydrogens is 204 g/mol. The molecule has 3 heteroatoms. The zero-order valence-electron chi connectivity index (χ0n) is 10.8. The molecule has 0 heterocycles. The Labute approximate surface area is 100.0 Å². The molecule has 0 aromatic heterocycles. The van der Waals surface area contributed by atoms with Gasteiger partial charge in [-0.15, -0.1) is 0 Å². The van der Waals surface area contributed by atoms with Crippen molar-refractivity contribution < 1.29 is 0 Å². The molecule has 15 heavy (non-hydrogen) atoms. The van der Waals surface area contributed by atoms with Crippen molar-refractivity contribution in [1.82, 2.24) is 4.90 Å². The van der Waals surface area contributed by atoms with E-state index in [2.05, 4.69) is 32.1 Å². The summed E-state index contributed by atoms with van der Waals surface area (Å²) in [7, 11) is 2.24. The maximum Gasteiger partial charge on any atom is 0.00718 e. The van der Waals surface area contributed by atoms with Crippen LogP contribution in [0.3, 0.4) is 0 Å². The molecule has 0 aromatic carbocycles. The first-order valence-electron chi connectivity index (χ1n) is 6.01. The molecule has 2 atom stereocenters. The van der Waals surface area contributed by atoms with Crippen LogP contribution in [0, 0.1) is 5.92 Å². The molecule has 0 aliphatic carbocycles. The zero-order chi connectivity index (χ0) is 11.7. The average Bonchev–Trinajstić information content (AvgIpc) is 2.22. The number of hydrogen-bond donors (Lipinski definition) is 1. The zero-order valence-corrected chi connectivity index (χ0v) is 11.6. The van der Waals surface area contributed by atoms with Crippen LogP contribution in [0.15, 0.2) is 0 Å². The van der Waals surface area contributed by atoms with Gasteiger partial charge in [0.05, 0.1) is 0 Å². The van der Waals surface area contributed by atoms with Crippen molar-refractivity contribution in [2.75, 3.05) is 32.1 Å². The molecule has 2 N–H and O–H groups in total. The van der Waals surface area contributed by atoms with Gasteiger partial charge in [-0.25, -0.2) is 0 Å². The summed E-state index contributed by atoms with van der Waals surface area (Å²) in [6.45, 7) is 6.69. The van der Waals surface area contributed by atoms with E-state index in [1.807, 2.05) is 11.8 Å². The van der Waals surface area contributed by atoms with Gasteiger partial charge in [-0.2, -0.15) is 11.8 Å². The molecule has 0 aromatic rings. The summed E-state index contributed by atoms with van der Waals surface area (Å²) in [5.41, 5.74) is 5.52. The van der Waals surface area contributed by atoms with Crippen LogP contribution >= 0.6 is 11.8 Å². The Bertz CT molecular complexity index is 142. The van der Waals surface area contributed by atoms with E-state index >= 15 is 0 Å². The molecule has 0 radical (unpaired) electrons. The number of nitrogens with zero attached hydrogens (tertiary/aromatic N) is 1. The van der Waals surface area contributed by atoms with Crippen LogP contribution in [0.5, 0.6) is 0 Å². The second-order valence-electron chi connectivity index (χ2n) is 4.61. The number of rotatable bonds is 9. The van der Waals surface area contributed by atoms with Crippen molar-refractivity contribution in [3.8, 4) is 0 Å². The lowest BCUT2D eigenvalue weighted by molar-refractivity contribution is 0.215. The quantitative estimate of drug-likeness (QED) is 0.662. The first-order chi connectivity index (χ1) is 7.11. The fourth-order valence-electron chi connectivity index (χ4n) is 1.74. The standard InChI is InChI=1S/C12H28N2S/c1-11(6-5-8-13)10-14(3)12(2)7-9-15-4/h11-12H,5-10,13H2,1-4H3. The van der Waals surface area contributed by atoms with Gasteiger partial charge in [-0.3, -0.25) is 0 Å². The van der Waals surface area contributed by atoms with Gasteiger partial charge in [0.25, 0.3) is 0 Å². The maximum atomic E-state index is 5.52. The summed E-state index contributed by atoms with van der Waals surface area (Å²) in [4.78, 5) is 2.48. The normalized spacial score (nSPS) is 15.6. The third-order valence-electron chi connectivity index (χ3n) is 2.99. The molecule has 0 aliphatic rings. The van der Waals surface area contributed by atoms with Crippen LogP contribution in [0.4, 0.5) is 0 Å². The van der Waals surface area contributed by atoms with Gasteiger partial charge < -0.3 is 10.6 Å².